The Bertz CT molecular complexity index is 1100. The molecule has 3 aromatic rings. The second-order valence-corrected chi connectivity index (χ2v) is 7.60. The molecule has 0 fully saturated rings. The van der Waals surface area contributed by atoms with Gasteiger partial charge in [-0.1, -0.05) is 0 Å². The highest BCUT2D eigenvalue weighted by Crippen LogP contribution is 2.34. The molecule has 0 saturated carbocycles. The van der Waals surface area contributed by atoms with Gasteiger partial charge < -0.3 is 14.0 Å². The summed E-state index contributed by atoms with van der Waals surface area (Å²) in [6.07, 6.45) is -4.46. The molecule has 31 heavy (non-hydrogen) atoms. The van der Waals surface area contributed by atoms with Crippen molar-refractivity contribution < 1.29 is 27.0 Å². The molecule has 1 aliphatic rings. The summed E-state index contributed by atoms with van der Waals surface area (Å²) in [5.41, 5.74) is 4.59. The van der Waals surface area contributed by atoms with Crippen LogP contribution in [0.4, 0.5) is 17.6 Å². The third kappa shape index (κ3) is 4.56. The highest BCUT2D eigenvalue weighted by atomic mass is 19.4. The van der Waals surface area contributed by atoms with Gasteiger partial charge in [0.2, 0.25) is 0 Å². The molecule has 0 saturated heterocycles. The van der Waals surface area contributed by atoms with E-state index < -0.39 is 17.9 Å². The van der Waals surface area contributed by atoms with Crippen molar-refractivity contribution in [3.63, 3.8) is 0 Å². The van der Waals surface area contributed by atoms with Crippen LogP contribution in [0.5, 0.6) is 5.75 Å². The standard InChI is InChI=1S/C22H21F4N3O2/c1-12-8-16(9-13(2)27-12)20-18-6-7-30-14(3)11-29(18)21(28-20)15-4-5-19(17(23)10-15)31-22(24,25)26/h4-5,8-10,14H,6-7,11H2,1-3H3/t14-/m1/s1. The number of hydrogen-bond acceptors (Lipinski definition) is 4. The van der Waals surface area contributed by atoms with Crippen LogP contribution in [0.2, 0.25) is 0 Å². The van der Waals surface area contributed by atoms with Gasteiger partial charge in [0, 0.05) is 34.6 Å². The molecule has 1 aromatic carbocycles. The Hall–Kier alpha value is -2.94. The lowest BCUT2D eigenvalue weighted by Crippen LogP contribution is -2.18. The zero-order valence-corrected chi connectivity index (χ0v) is 17.3. The number of benzene rings is 1. The van der Waals surface area contributed by atoms with Gasteiger partial charge in [0.1, 0.15) is 5.82 Å². The molecule has 1 atom stereocenters. The first kappa shape index (κ1) is 21.3. The monoisotopic (exact) mass is 435 g/mol. The number of hydrogen-bond donors (Lipinski definition) is 0. The van der Waals surface area contributed by atoms with E-state index in [9.17, 15) is 17.6 Å². The Labute approximate surface area is 176 Å². The number of halogens is 4. The van der Waals surface area contributed by atoms with E-state index in [1.807, 2.05) is 37.5 Å². The minimum atomic E-state index is -4.97. The van der Waals surface area contributed by atoms with Crippen molar-refractivity contribution in [2.75, 3.05) is 6.61 Å². The Morgan fingerprint density at radius 3 is 2.42 bits per heavy atom. The number of fused-ring (bicyclic) bond motifs is 1. The minimum Gasteiger partial charge on any atom is -0.403 e. The van der Waals surface area contributed by atoms with Gasteiger partial charge >= 0.3 is 6.36 Å². The Balaban J connectivity index is 1.85. The first-order chi connectivity index (χ1) is 14.6. The summed E-state index contributed by atoms with van der Waals surface area (Å²) in [7, 11) is 0. The van der Waals surface area contributed by atoms with Gasteiger partial charge in [0.15, 0.2) is 11.6 Å². The highest BCUT2D eigenvalue weighted by molar-refractivity contribution is 5.69. The maximum absolute atomic E-state index is 14.4. The van der Waals surface area contributed by atoms with Crippen LogP contribution in [0, 0.1) is 19.7 Å². The molecular formula is C22H21F4N3O2. The number of nitrogens with zero attached hydrogens (tertiary/aromatic N) is 3. The summed E-state index contributed by atoms with van der Waals surface area (Å²) in [5, 5.41) is 0. The fourth-order valence-corrected chi connectivity index (χ4v) is 3.87. The van der Waals surface area contributed by atoms with E-state index in [1.165, 1.54) is 6.07 Å². The Morgan fingerprint density at radius 1 is 1.06 bits per heavy atom. The van der Waals surface area contributed by atoms with Crippen molar-refractivity contribution in [2.45, 2.75) is 46.2 Å². The molecule has 0 spiro atoms. The first-order valence-electron chi connectivity index (χ1n) is 9.83. The molecule has 3 heterocycles. The predicted octanol–water partition coefficient (Wildman–Crippen LogP) is 5.23. The number of pyridine rings is 1. The van der Waals surface area contributed by atoms with Crippen LogP contribution in [-0.2, 0) is 17.7 Å². The summed E-state index contributed by atoms with van der Waals surface area (Å²) in [4.78, 5) is 9.19. The summed E-state index contributed by atoms with van der Waals surface area (Å²) in [5.74, 6) is -1.52. The molecule has 164 valence electrons. The van der Waals surface area contributed by atoms with Crippen LogP contribution >= 0.6 is 0 Å². The van der Waals surface area contributed by atoms with Gasteiger partial charge in [-0.15, -0.1) is 13.2 Å². The van der Waals surface area contributed by atoms with Crippen LogP contribution in [0.3, 0.4) is 0 Å². The lowest BCUT2D eigenvalue weighted by molar-refractivity contribution is -0.275. The van der Waals surface area contributed by atoms with E-state index in [1.54, 1.807) is 0 Å². The van der Waals surface area contributed by atoms with Gasteiger partial charge in [-0.25, -0.2) is 9.37 Å². The third-order valence-corrected chi connectivity index (χ3v) is 5.02. The number of imidazole rings is 1. The van der Waals surface area contributed by atoms with Crippen LogP contribution in [0.1, 0.15) is 24.0 Å². The second kappa shape index (κ2) is 7.96. The summed E-state index contributed by atoms with van der Waals surface area (Å²) >= 11 is 0. The smallest absolute Gasteiger partial charge is 0.403 e. The quantitative estimate of drug-likeness (QED) is 0.529. The molecule has 0 N–H and O–H groups in total. The molecule has 0 aliphatic carbocycles. The minimum absolute atomic E-state index is 0.0966. The van der Waals surface area contributed by atoms with Gasteiger partial charge in [-0.2, -0.15) is 0 Å². The lowest BCUT2D eigenvalue weighted by Gasteiger charge is -2.14. The predicted molar refractivity (Wildman–Crippen MR) is 106 cm³/mol. The van der Waals surface area contributed by atoms with Gasteiger partial charge in [0.25, 0.3) is 0 Å². The Kier molecular flexibility index (Phi) is 5.47. The molecule has 4 rings (SSSR count). The van der Waals surface area contributed by atoms with E-state index in [0.29, 0.717) is 31.0 Å². The van der Waals surface area contributed by atoms with Crippen molar-refractivity contribution in [1.82, 2.24) is 14.5 Å². The van der Waals surface area contributed by atoms with E-state index in [4.69, 9.17) is 9.72 Å². The van der Waals surface area contributed by atoms with Gasteiger partial charge in [0.05, 0.1) is 24.9 Å². The topological polar surface area (TPSA) is 49.2 Å². The first-order valence-corrected chi connectivity index (χ1v) is 9.83. The van der Waals surface area contributed by atoms with E-state index in [0.717, 1.165) is 40.5 Å². The molecule has 0 radical (unpaired) electrons. The average molecular weight is 435 g/mol. The second-order valence-electron chi connectivity index (χ2n) is 7.60. The summed E-state index contributed by atoms with van der Waals surface area (Å²) < 4.78 is 63.4. The molecular weight excluding hydrogens is 414 g/mol. The van der Waals surface area contributed by atoms with Crippen molar-refractivity contribution in [3.05, 3.63) is 53.2 Å². The van der Waals surface area contributed by atoms with E-state index >= 15 is 0 Å². The van der Waals surface area contributed by atoms with Crippen LogP contribution in [0.15, 0.2) is 30.3 Å². The maximum atomic E-state index is 14.4. The maximum Gasteiger partial charge on any atom is 0.573 e. The van der Waals surface area contributed by atoms with Crippen LogP contribution in [-0.4, -0.2) is 33.6 Å². The normalized spacial score (nSPS) is 16.7. The summed E-state index contributed by atoms with van der Waals surface area (Å²) in [6.45, 7) is 6.72. The highest BCUT2D eigenvalue weighted by Gasteiger charge is 2.32. The number of rotatable bonds is 3. The average Bonchev–Trinajstić information content (AvgIpc) is 2.88. The number of aryl methyl sites for hydroxylation is 2. The SMILES string of the molecule is Cc1cc(-c2nc(-c3ccc(OC(F)(F)F)c(F)c3)n3c2CCO[C@H](C)C3)cc(C)n1. The summed E-state index contributed by atoms with van der Waals surface area (Å²) in [6, 6.07) is 7.21. The third-order valence-electron chi connectivity index (χ3n) is 5.02. The van der Waals surface area contributed by atoms with Crippen molar-refractivity contribution in [2.24, 2.45) is 0 Å². The van der Waals surface area contributed by atoms with E-state index in [2.05, 4.69) is 9.72 Å². The number of ether oxygens (including phenoxy) is 2. The lowest BCUT2D eigenvalue weighted by atomic mass is 10.1. The largest absolute Gasteiger partial charge is 0.573 e. The van der Waals surface area contributed by atoms with Crippen molar-refractivity contribution in [3.8, 4) is 28.4 Å². The molecule has 0 amide bonds. The number of alkyl halides is 3. The zero-order chi connectivity index (χ0) is 22.3. The fourth-order valence-electron chi connectivity index (χ4n) is 3.87. The van der Waals surface area contributed by atoms with Gasteiger partial charge in [-0.3, -0.25) is 4.98 Å². The van der Waals surface area contributed by atoms with E-state index in [-0.39, 0.29) is 6.10 Å². The molecule has 5 nitrogen and oxygen atoms in total. The Morgan fingerprint density at radius 2 is 1.77 bits per heavy atom. The fraction of sp³-hybridized carbons (Fsp3) is 0.364. The van der Waals surface area contributed by atoms with Crippen LogP contribution < -0.4 is 4.74 Å². The van der Waals surface area contributed by atoms with Crippen molar-refractivity contribution in [1.29, 1.82) is 0 Å². The van der Waals surface area contributed by atoms with Crippen molar-refractivity contribution >= 4 is 0 Å². The van der Waals surface area contributed by atoms with Crippen LogP contribution in [0.25, 0.3) is 22.6 Å². The van der Waals surface area contributed by atoms with Gasteiger partial charge in [-0.05, 0) is 51.1 Å². The molecule has 1 aliphatic heterocycles. The molecule has 2 aromatic heterocycles. The molecule has 0 bridgehead atoms. The molecule has 0 unspecified atom stereocenters. The zero-order valence-electron chi connectivity index (χ0n) is 17.3. The number of aromatic nitrogens is 3. The molecule has 9 heteroatoms.